The highest BCUT2D eigenvalue weighted by Crippen LogP contribution is 2.19. The molecule has 1 aliphatic rings. The SMILES string of the molecule is Cc1nn(C)c(C)c1CC(=O)N1CCN(S(=O)(=O)c2ccc(F)cc2)CC1. The van der Waals surface area contributed by atoms with Crippen LogP contribution in [0.4, 0.5) is 4.39 Å². The molecule has 0 atom stereocenters. The Morgan fingerprint density at radius 1 is 1.11 bits per heavy atom. The minimum Gasteiger partial charge on any atom is -0.340 e. The summed E-state index contributed by atoms with van der Waals surface area (Å²) in [5.74, 6) is -0.515. The minimum absolute atomic E-state index is 0.0342. The normalized spacial score (nSPS) is 15.9. The maximum atomic E-state index is 13.0. The van der Waals surface area contributed by atoms with Gasteiger partial charge in [-0.15, -0.1) is 0 Å². The number of rotatable bonds is 4. The molecule has 0 saturated carbocycles. The smallest absolute Gasteiger partial charge is 0.243 e. The van der Waals surface area contributed by atoms with Gasteiger partial charge in [-0.2, -0.15) is 9.40 Å². The van der Waals surface area contributed by atoms with E-state index in [-0.39, 0.29) is 30.3 Å². The molecule has 2 aromatic rings. The fraction of sp³-hybridized carbons (Fsp3) is 0.444. The standard InChI is InChI=1S/C18H23FN4O3S/c1-13-17(14(2)21(3)20-13)12-18(24)22-8-10-23(11-9-22)27(25,26)16-6-4-15(19)5-7-16/h4-7H,8-12H2,1-3H3. The van der Waals surface area contributed by atoms with Crippen molar-refractivity contribution >= 4 is 15.9 Å². The van der Waals surface area contributed by atoms with Gasteiger partial charge >= 0.3 is 0 Å². The Labute approximate surface area is 158 Å². The van der Waals surface area contributed by atoms with Gasteiger partial charge in [-0.05, 0) is 38.1 Å². The molecular formula is C18H23FN4O3S. The molecule has 1 amide bonds. The van der Waals surface area contributed by atoms with Crippen LogP contribution in [-0.2, 0) is 28.3 Å². The zero-order valence-electron chi connectivity index (χ0n) is 15.6. The van der Waals surface area contributed by atoms with E-state index in [2.05, 4.69) is 5.10 Å². The molecule has 0 bridgehead atoms. The lowest BCUT2D eigenvalue weighted by Gasteiger charge is -2.34. The van der Waals surface area contributed by atoms with Crippen molar-refractivity contribution in [1.29, 1.82) is 0 Å². The van der Waals surface area contributed by atoms with Crippen molar-refractivity contribution in [3.8, 4) is 0 Å². The quantitative estimate of drug-likeness (QED) is 0.782. The Balaban J connectivity index is 1.64. The molecule has 0 unspecified atom stereocenters. The number of aromatic nitrogens is 2. The maximum absolute atomic E-state index is 13.0. The summed E-state index contributed by atoms with van der Waals surface area (Å²) < 4.78 is 41.4. The predicted molar refractivity (Wildman–Crippen MR) is 98.1 cm³/mol. The van der Waals surface area contributed by atoms with Crippen LogP contribution in [0.1, 0.15) is 17.0 Å². The Hall–Kier alpha value is -2.26. The summed E-state index contributed by atoms with van der Waals surface area (Å²) in [5.41, 5.74) is 2.71. The highest BCUT2D eigenvalue weighted by atomic mass is 32.2. The summed E-state index contributed by atoms with van der Waals surface area (Å²) >= 11 is 0. The molecule has 1 aromatic carbocycles. The lowest BCUT2D eigenvalue weighted by molar-refractivity contribution is -0.131. The first-order valence-electron chi connectivity index (χ1n) is 8.72. The summed E-state index contributed by atoms with van der Waals surface area (Å²) in [5, 5.41) is 4.32. The van der Waals surface area contributed by atoms with Crippen LogP contribution < -0.4 is 0 Å². The third kappa shape index (κ3) is 3.89. The molecule has 9 heteroatoms. The maximum Gasteiger partial charge on any atom is 0.243 e. The van der Waals surface area contributed by atoms with Crippen LogP contribution in [0.5, 0.6) is 0 Å². The van der Waals surface area contributed by atoms with Gasteiger partial charge in [-0.3, -0.25) is 9.48 Å². The van der Waals surface area contributed by atoms with Gasteiger partial charge in [0, 0.05) is 44.5 Å². The zero-order chi connectivity index (χ0) is 19.8. The number of aryl methyl sites for hydroxylation is 2. The lowest BCUT2D eigenvalue weighted by atomic mass is 10.1. The van der Waals surface area contributed by atoms with Crippen LogP contribution in [0, 0.1) is 19.7 Å². The molecule has 3 rings (SSSR count). The van der Waals surface area contributed by atoms with Crippen LogP contribution in [0.15, 0.2) is 29.2 Å². The Bertz CT molecular complexity index is 946. The molecule has 1 aliphatic heterocycles. The average Bonchev–Trinajstić information content (AvgIpc) is 2.88. The molecular weight excluding hydrogens is 371 g/mol. The van der Waals surface area contributed by atoms with Crippen molar-refractivity contribution in [3.63, 3.8) is 0 Å². The third-order valence-corrected chi connectivity index (χ3v) is 6.94. The topological polar surface area (TPSA) is 75.5 Å². The first-order chi connectivity index (χ1) is 12.7. The zero-order valence-corrected chi connectivity index (χ0v) is 16.5. The first-order valence-corrected chi connectivity index (χ1v) is 10.2. The number of sulfonamides is 1. The second-order valence-electron chi connectivity index (χ2n) is 6.69. The number of halogens is 1. The number of nitrogens with zero attached hydrogens (tertiary/aromatic N) is 4. The summed E-state index contributed by atoms with van der Waals surface area (Å²) in [4.78, 5) is 14.4. The summed E-state index contributed by atoms with van der Waals surface area (Å²) in [6, 6.07) is 4.78. The molecule has 1 saturated heterocycles. The second-order valence-corrected chi connectivity index (χ2v) is 8.63. The molecule has 0 radical (unpaired) electrons. The number of piperazine rings is 1. The van der Waals surface area contributed by atoms with Crippen molar-refractivity contribution < 1.29 is 17.6 Å². The van der Waals surface area contributed by atoms with Crippen molar-refractivity contribution in [3.05, 3.63) is 47.0 Å². The van der Waals surface area contributed by atoms with E-state index in [4.69, 9.17) is 0 Å². The van der Waals surface area contributed by atoms with E-state index in [0.717, 1.165) is 29.1 Å². The molecule has 27 heavy (non-hydrogen) atoms. The number of benzene rings is 1. The summed E-state index contributed by atoms with van der Waals surface area (Å²) in [6.45, 7) is 4.90. The van der Waals surface area contributed by atoms with E-state index in [0.29, 0.717) is 13.1 Å². The van der Waals surface area contributed by atoms with E-state index in [1.54, 1.807) is 9.58 Å². The van der Waals surface area contributed by atoms with Gasteiger partial charge in [0.1, 0.15) is 5.82 Å². The van der Waals surface area contributed by atoms with Gasteiger partial charge in [0.2, 0.25) is 15.9 Å². The third-order valence-electron chi connectivity index (χ3n) is 5.03. The van der Waals surface area contributed by atoms with Gasteiger partial charge in [0.25, 0.3) is 0 Å². The number of carbonyl (C=O) groups is 1. The summed E-state index contributed by atoms with van der Waals surface area (Å²) in [7, 11) is -1.84. The molecule has 2 heterocycles. The number of hydrogen-bond donors (Lipinski definition) is 0. The predicted octanol–water partition coefficient (Wildman–Crippen LogP) is 1.25. The van der Waals surface area contributed by atoms with Gasteiger partial charge in [0.05, 0.1) is 17.0 Å². The number of carbonyl (C=O) groups excluding carboxylic acids is 1. The fourth-order valence-corrected chi connectivity index (χ4v) is 4.69. The highest BCUT2D eigenvalue weighted by Gasteiger charge is 2.30. The van der Waals surface area contributed by atoms with Gasteiger partial charge in [-0.1, -0.05) is 0 Å². The first kappa shape index (κ1) is 19.5. The van der Waals surface area contributed by atoms with E-state index in [9.17, 15) is 17.6 Å². The van der Waals surface area contributed by atoms with Crippen molar-refractivity contribution in [2.24, 2.45) is 7.05 Å². The van der Waals surface area contributed by atoms with Gasteiger partial charge in [0.15, 0.2) is 0 Å². The van der Waals surface area contributed by atoms with Crippen LogP contribution in [0.2, 0.25) is 0 Å². The number of hydrogen-bond acceptors (Lipinski definition) is 4. The molecule has 1 fully saturated rings. The number of amides is 1. The second kappa shape index (κ2) is 7.40. The van der Waals surface area contributed by atoms with Crippen LogP contribution in [-0.4, -0.2) is 59.5 Å². The lowest BCUT2D eigenvalue weighted by Crippen LogP contribution is -2.50. The van der Waals surface area contributed by atoms with E-state index in [1.807, 2.05) is 20.9 Å². The molecule has 0 spiro atoms. The summed E-state index contributed by atoms with van der Waals surface area (Å²) in [6.07, 6.45) is 0.260. The van der Waals surface area contributed by atoms with Crippen molar-refractivity contribution in [1.82, 2.24) is 19.0 Å². The Morgan fingerprint density at radius 2 is 1.70 bits per heavy atom. The Morgan fingerprint density at radius 3 is 2.22 bits per heavy atom. The van der Waals surface area contributed by atoms with E-state index >= 15 is 0 Å². The Kier molecular flexibility index (Phi) is 5.34. The van der Waals surface area contributed by atoms with E-state index in [1.165, 1.54) is 16.4 Å². The van der Waals surface area contributed by atoms with Crippen LogP contribution in [0.3, 0.4) is 0 Å². The largest absolute Gasteiger partial charge is 0.340 e. The van der Waals surface area contributed by atoms with Gasteiger partial charge < -0.3 is 4.90 Å². The molecule has 146 valence electrons. The fourth-order valence-electron chi connectivity index (χ4n) is 3.27. The monoisotopic (exact) mass is 394 g/mol. The van der Waals surface area contributed by atoms with Crippen molar-refractivity contribution in [2.75, 3.05) is 26.2 Å². The molecule has 1 aromatic heterocycles. The minimum atomic E-state index is -3.68. The van der Waals surface area contributed by atoms with Crippen LogP contribution >= 0.6 is 0 Å². The van der Waals surface area contributed by atoms with Crippen LogP contribution in [0.25, 0.3) is 0 Å². The van der Waals surface area contributed by atoms with Gasteiger partial charge in [-0.25, -0.2) is 12.8 Å². The molecule has 0 N–H and O–H groups in total. The molecule has 7 nitrogen and oxygen atoms in total. The average molecular weight is 394 g/mol. The molecule has 0 aliphatic carbocycles. The van der Waals surface area contributed by atoms with E-state index < -0.39 is 15.8 Å². The van der Waals surface area contributed by atoms with Crippen molar-refractivity contribution in [2.45, 2.75) is 25.2 Å². The highest BCUT2D eigenvalue weighted by molar-refractivity contribution is 7.89.